The average Bonchev–Trinajstić information content (AvgIpc) is 2.72. The van der Waals surface area contributed by atoms with Crippen LogP contribution in [0.25, 0.3) is 22.2 Å². The van der Waals surface area contributed by atoms with Gasteiger partial charge in [-0.15, -0.1) is 0 Å². The molecule has 2 aromatic heterocycles. The van der Waals surface area contributed by atoms with Crippen LogP contribution in [0, 0.1) is 0 Å². The highest BCUT2D eigenvalue weighted by Gasteiger charge is 2.13. The third-order valence-electron chi connectivity index (χ3n) is 3.69. The molecule has 0 saturated heterocycles. The number of carbonyl (C=O) groups is 1. The molecule has 0 radical (unpaired) electrons. The molecule has 0 saturated carbocycles. The lowest BCUT2D eigenvalue weighted by Crippen LogP contribution is -2.24. The summed E-state index contributed by atoms with van der Waals surface area (Å²) in [5.74, 6) is -0.0600. The van der Waals surface area contributed by atoms with Crippen molar-refractivity contribution in [2.45, 2.75) is 13.5 Å². The van der Waals surface area contributed by atoms with Gasteiger partial charge in [-0.2, -0.15) is 0 Å². The third-order valence-corrected chi connectivity index (χ3v) is 3.69. The van der Waals surface area contributed by atoms with Gasteiger partial charge in [-0.1, -0.05) is 6.07 Å². The number of benzene rings is 1. The smallest absolute Gasteiger partial charge is 0.329 e. The number of aryl methyl sites for hydroxylation is 1. The zero-order valence-corrected chi connectivity index (χ0v) is 12.4. The van der Waals surface area contributed by atoms with Crippen LogP contribution in [0.3, 0.4) is 0 Å². The van der Waals surface area contributed by atoms with E-state index in [1.165, 1.54) is 16.1 Å². The first-order valence-corrected chi connectivity index (χ1v) is 6.87. The summed E-state index contributed by atoms with van der Waals surface area (Å²) in [7, 11) is 1.69. The quantitative estimate of drug-likeness (QED) is 0.795. The second-order valence-electron chi connectivity index (χ2n) is 5.30. The Morgan fingerprint density at radius 3 is 2.73 bits per heavy atom. The molecule has 3 aromatic rings. The molecule has 6 heteroatoms. The van der Waals surface area contributed by atoms with Gasteiger partial charge in [-0.3, -0.25) is 18.9 Å². The number of nitrogen functional groups attached to an aromatic ring is 1. The van der Waals surface area contributed by atoms with Gasteiger partial charge in [-0.05, 0) is 30.7 Å². The number of carbonyl (C=O) groups excluding carboxylic acids is 1. The summed E-state index contributed by atoms with van der Waals surface area (Å²) in [5, 5.41) is 0. The summed E-state index contributed by atoms with van der Waals surface area (Å²) in [6.45, 7) is 1.54. The fourth-order valence-electron chi connectivity index (χ4n) is 2.60. The molecule has 1 aromatic carbocycles. The zero-order valence-electron chi connectivity index (χ0n) is 12.4. The van der Waals surface area contributed by atoms with Crippen LogP contribution in [0.5, 0.6) is 0 Å². The van der Waals surface area contributed by atoms with Crippen molar-refractivity contribution in [1.29, 1.82) is 0 Å². The van der Waals surface area contributed by atoms with Gasteiger partial charge in [0.25, 0.3) is 0 Å². The first-order chi connectivity index (χ1) is 10.5. The number of nitrogens with zero attached hydrogens (tertiary/aromatic N) is 3. The fraction of sp³-hybridized carbons (Fsp3) is 0.188. The Hall–Kier alpha value is -2.89. The number of Topliss-reactive ketones (excluding diaryl/α,β-unsaturated/α-hetero) is 1. The van der Waals surface area contributed by atoms with Crippen molar-refractivity contribution in [3.8, 4) is 11.1 Å². The molecule has 0 aliphatic carbocycles. The van der Waals surface area contributed by atoms with Crippen molar-refractivity contribution in [2.75, 3.05) is 5.73 Å². The number of hydrogen-bond donors (Lipinski definition) is 1. The number of rotatable bonds is 3. The highest BCUT2D eigenvalue weighted by Crippen LogP contribution is 2.27. The van der Waals surface area contributed by atoms with E-state index in [0.29, 0.717) is 5.69 Å². The Morgan fingerprint density at radius 1 is 1.27 bits per heavy atom. The van der Waals surface area contributed by atoms with E-state index >= 15 is 0 Å². The molecule has 2 N–H and O–H groups in total. The van der Waals surface area contributed by atoms with Crippen LogP contribution in [-0.2, 0) is 18.4 Å². The third kappa shape index (κ3) is 2.18. The second-order valence-corrected chi connectivity index (χ2v) is 5.30. The van der Waals surface area contributed by atoms with Crippen LogP contribution in [0.4, 0.5) is 5.69 Å². The van der Waals surface area contributed by atoms with E-state index in [2.05, 4.69) is 4.98 Å². The topological polar surface area (TPSA) is 82.9 Å². The Kier molecular flexibility index (Phi) is 3.29. The highest BCUT2D eigenvalue weighted by molar-refractivity contribution is 5.86. The minimum Gasteiger partial charge on any atom is -0.398 e. The fourth-order valence-corrected chi connectivity index (χ4v) is 2.60. The van der Waals surface area contributed by atoms with Gasteiger partial charge in [0.2, 0.25) is 0 Å². The van der Waals surface area contributed by atoms with E-state index in [1.807, 2.05) is 18.2 Å². The minimum atomic E-state index is -0.207. The van der Waals surface area contributed by atoms with E-state index in [9.17, 15) is 9.59 Å². The summed E-state index contributed by atoms with van der Waals surface area (Å²) in [5.41, 5.74) is 9.58. The molecule has 0 fully saturated rings. The maximum absolute atomic E-state index is 12.3. The summed E-state index contributed by atoms with van der Waals surface area (Å²) in [6.07, 6.45) is 3.33. The molecular weight excluding hydrogens is 280 g/mol. The average molecular weight is 296 g/mol. The molecule has 0 bridgehead atoms. The number of pyridine rings is 1. The summed E-state index contributed by atoms with van der Waals surface area (Å²) in [4.78, 5) is 27.7. The largest absolute Gasteiger partial charge is 0.398 e. The monoisotopic (exact) mass is 296 g/mol. The number of fused-ring (bicyclic) bond motifs is 1. The normalized spacial score (nSPS) is 11.0. The van der Waals surface area contributed by atoms with Crippen molar-refractivity contribution in [3.63, 3.8) is 0 Å². The summed E-state index contributed by atoms with van der Waals surface area (Å²) < 4.78 is 3.02. The predicted octanol–water partition coefficient (Wildman–Crippen LogP) is 1.57. The van der Waals surface area contributed by atoms with E-state index in [0.717, 1.165) is 22.2 Å². The van der Waals surface area contributed by atoms with E-state index < -0.39 is 0 Å². The molecule has 112 valence electrons. The lowest BCUT2D eigenvalue weighted by Gasteiger charge is -2.06. The predicted molar refractivity (Wildman–Crippen MR) is 85.5 cm³/mol. The van der Waals surface area contributed by atoms with Gasteiger partial charge in [-0.25, -0.2) is 4.79 Å². The zero-order chi connectivity index (χ0) is 15.9. The van der Waals surface area contributed by atoms with Gasteiger partial charge < -0.3 is 5.73 Å². The van der Waals surface area contributed by atoms with Crippen LogP contribution < -0.4 is 11.4 Å². The lowest BCUT2D eigenvalue weighted by molar-refractivity contribution is -0.117. The van der Waals surface area contributed by atoms with Crippen molar-refractivity contribution >= 4 is 22.5 Å². The Morgan fingerprint density at radius 2 is 2.05 bits per heavy atom. The van der Waals surface area contributed by atoms with Gasteiger partial charge in [0.15, 0.2) is 0 Å². The first-order valence-electron chi connectivity index (χ1n) is 6.87. The van der Waals surface area contributed by atoms with Crippen LogP contribution in [0.1, 0.15) is 6.92 Å². The standard InChI is InChI=1S/C16H16N4O2/c1-10(21)9-20-14-4-3-11(7-15(14)19(2)16(20)22)12-8-18-6-5-13(12)17/h3-8H,9H2,1-2H3,(H2,17,18). The van der Waals surface area contributed by atoms with Crippen LogP contribution >= 0.6 is 0 Å². The number of anilines is 1. The van der Waals surface area contributed by atoms with Gasteiger partial charge in [0.1, 0.15) is 5.78 Å². The number of ketones is 1. The molecule has 0 spiro atoms. The maximum atomic E-state index is 12.3. The molecule has 22 heavy (non-hydrogen) atoms. The van der Waals surface area contributed by atoms with Crippen molar-refractivity contribution < 1.29 is 4.79 Å². The van der Waals surface area contributed by atoms with Gasteiger partial charge in [0.05, 0.1) is 17.6 Å². The molecule has 0 atom stereocenters. The Bertz CT molecular complexity index is 937. The van der Waals surface area contributed by atoms with Gasteiger partial charge in [0, 0.05) is 30.7 Å². The summed E-state index contributed by atoms with van der Waals surface area (Å²) >= 11 is 0. The summed E-state index contributed by atoms with van der Waals surface area (Å²) in [6, 6.07) is 7.34. The van der Waals surface area contributed by atoms with Crippen molar-refractivity contribution in [2.24, 2.45) is 7.05 Å². The van der Waals surface area contributed by atoms with Crippen LogP contribution in [-0.4, -0.2) is 19.9 Å². The van der Waals surface area contributed by atoms with E-state index in [-0.39, 0.29) is 18.0 Å². The second kappa shape index (κ2) is 5.14. The molecule has 3 rings (SSSR count). The highest BCUT2D eigenvalue weighted by atomic mass is 16.2. The lowest BCUT2D eigenvalue weighted by atomic mass is 10.1. The molecule has 0 amide bonds. The van der Waals surface area contributed by atoms with Crippen molar-refractivity contribution in [3.05, 3.63) is 47.1 Å². The maximum Gasteiger partial charge on any atom is 0.329 e. The van der Waals surface area contributed by atoms with E-state index in [4.69, 9.17) is 5.73 Å². The van der Waals surface area contributed by atoms with Crippen LogP contribution in [0.15, 0.2) is 41.5 Å². The number of aromatic nitrogens is 3. The SMILES string of the molecule is CC(=O)Cn1c(=O)n(C)c2cc(-c3cnccc3N)ccc21. The molecule has 0 aliphatic heterocycles. The van der Waals surface area contributed by atoms with E-state index in [1.54, 1.807) is 25.5 Å². The first kappa shape index (κ1) is 14.1. The molecular formula is C16H16N4O2. The number of imidazole rings is 1. The number of nitrogens with two attached hydrogens (primary N) is 1. The molecule has 0 aliphatic rings. The Labute approximate surface area is 126 Å². The van der Waals surface area contributed by atoms with Crippen LogP contribution in [0.2, 0.25) is 0 Å². The number of hydrogen-bond acceptors (Lipinski definition) is 4. The van der Waals surface area contributed by atoms with Gasteiger partial charge >= 0.3 is 5.69 Å². The molecule has 0 unspecified atom stereocenters. The Balaban J connectivity index is 2.24. The molecule has 2 heterocycles. The van der Waals surface area contributed by atoms with Crippen molar-refractivity contribution in [1.82, 2.24) is 14.1 Å². The minimum absolute atomic E-state index is 0.0600. The molecule has 6 nitrogen and oxygen atoms in total.